The highest BCUT2D eigenvalue weighted by molar-refractivity contribution is 5.85. The third-order valence-electron chi connectivity index (χ3n) is 6.85. The van der Waals surface area contributed by atoms with Crippen LogP contribution in [0, 0.1) is 11.3 Å². The Bertz CT molecular complexity index is 457. The third kappa shape index (κ3) is 7.02. The van der Waals surface area contributed by atoms with Crippen molar-refractivity contribution in [3.63, 3.8) is 0 Å². The Balaban J connectivity index is 0.00000196. The number of halogens is 2. The van der Waals surface area contributed by atoms with Gasteiger partial charge in [0.1, 0.15) is 0 Å². The van der Waals surface area contributed by atoms with Crippen LogP contribution >= 0.6 is 24.8 Å². The molecule has 0 bridgehead atoms. The normalized spacial score (nSPS) is 28.9. The van der Waals surface area contributed by atoms with Crippen molar-refractivity contribution in [1.29, 1.82) is 0 Å². The fraction of sp³-hybridized carbons (Fsp3) is 0.952. The van der Waals surface area contributed by atoms with Crippen molar-refractivity contribution in [3.8, 4) is 0 Å². The van der Waals surface area contributed by atoms with Gasteiger partial charge in [0, 0.05) is 39.1 Å². The average Bonchev–Trinajstić information content (AvgIpc) is 2.62. The van der Waals surface area contributed by atoms with Gasteiger partial charge in [-0.15, -0.1) is 24.8 Å². The van der Waals surface area contributed by atoms with Gasteiger partial charge in [0.2, 0.25) is 5.91 Å². The number of rotatable bonds is 5. The molecule has 2 N–H and O–H groups in total. The Morgan fingerprint density at radius 1 is 1.04 bits per heavy atom. The monoisotopic (exact) mass is 437 g/mol. The number of morpholine rings is 1. The van der Waals surface area contributed by atoms with E-state index >= 15 is 0 Å². The van der Waals surface area contributed by atoms with Gasteiger partial charge >= 0.3 is 0 Å². The number of piperidine rings is 1. The molecule has 0 radical (unpaired) electrons. The number of amides is 1. The first-order valence-electron chi connectivity index (χ1n) is 10.9. The molecule has 2 unspecified atom stereocenters. The Labute approximate surface area is 183 Å². The lowest BCUT2D eigenvalue weighted by Gasteiger charge is -2.41. The van der Waals surface area contributed by atoms with Crippen molar-refractivity contribution in [2.75, 3.05) is 39.3 Å². The number of carbonyl (C=O) groups is 1. The van der Waals surface area contributed by atoms with Crippen molar-refractivity contribution < 1.29 is 9.53 Å². The zero-order valence-corrected chi connectivity index (χ0v) is 19.4. The average molecular weight is 438 g/mol. The van der Waals surface area contributed by atoms with E-state index in [-0.39, 0.29) is 30.2 Å². The van der Waals surface area contributed by atoms with Crippen molar-refractivity contribution in [2.45, 2.75) is 77.4 Å². The van der Waals surface area contributed by atoms with Crippen molar-refractivity contribution in [1.82, 2.24) is 9.80 Å². The highest BCUT2D eigenvalue weighted by Crippen LogP contribution is 2.39. The molecule has 28 heavy (non-hydrogen) atoms. The molecule has 0 spiro atoms. The van der Waals surface area contributed by atoms with Gasteiger partial charge in [0.05, 0.1) is 12.2 Å². The third-order valence-corrected chi connectivity index (χ3v) is 6.85. The minimum atomic E-state index is 0. The molecule has 7 heteroatoms. The maximum atomic E-state index is 12.9. The smallest absolute Gasteiger partial charge is 0.223 e. The summed E-state index contributed by atoms with van der Waals surface area (Å²) in [6, 6.07) is 0. The van der Waals surface area contributed by atoms with Crippen LogP contribution in [-0.2, 0) is 9.53 Å². The van der Waals surface area contributed by atoms with Gasteiger partial charge in [0.25, 0.3) is 0 Å². The highest BCUT2D eigenvalue weighted by Gasteiger charge is 2.35. The Hall–Kier alpha value is -0.0700. The predicted molar refractivity (Wildman–Crippen MR) is 119 cm³/mol. The van der Waals surface area contributed by atoms with Gasteiger partial charge in [0.15, 0.2) is 0 Å². The topological polar surface area (TPSA) is 58.8 Å². The fourth-order valence-corrected chi connectivity index (χ4v) is 5.35. The van der Waals surface area contributed by atoms with E-state index in [1.807, 2.05) is 0 Å². The molecular formula is C21H41Cl2N3O2. The largest absolute Gasteiger partial charge is 0.373 e. The van der Waals surface area contributed by atoms with Gasteiger partial charge in [-0.3, -0.25) is 9.69 Å². The van der Waals surface area contributed by atoms with Crippen LogP contribution in [0.4, 0.5) is 0 Å². The van der Waals surface area contributed by atoms with Crippen LogP contribution in [0.3, 0.4) is 0 Å². The number of likely N-dealkylation sites (tertiary alicyclic amines) is 1. The predicted octanol–water partition coefficient (Wildman–Crippen LogP) is 3.48. The molecule has 0 aromatic heterocycles. The molecule has 3 aliphatic rings. The quantitative estimate of drug-likeness (QED) is 0.714. The van der Waals surface area contributed by atoms with Crippen LogP contribution in [0.5, 0.6) is 0 Å². The van der Waals surface area contributed by atoms with Crippen LogP contribution in [0.1, 0.15) is 65.2 Å². The number of hydrogen-bond acceptors (Lipinski definition) is 4. The van der Waals surface area contributed by atoms with Gasteiger partial charge in [-0.25, -0.2) is 0 Å². The van der Waals surface area contributed by atoms with E-state index in [0.29, 0.717) is 31.1 Å². The van der Waals surface area contributed by atoms with Crippen LogP contribution in [0.2, 0.25) is 0 Å². The maximum absolute atomic E-state index is 12.9. The zero-order valence-electron chi connectivity index (χ0n) is 17.7. The molecule has 2 atom stereocenters. The molecule has 0 aromatic rings. The van der Waals surface area contributed by atoms with Gasteiger partial charge in [-0.05, 0) is 57.4 Å². The molecule has 3 rings (SSSR count). The Morgan fingerprint density at radius 3 is 2.14 bits per heavy atom. The summed E-state index contributed by atoms with van der Waals surface area (Å²) >= 11 is 0. The molecule has 1 amide bonds. The lowest BCUT2D eigenvalue weighted by Crippen LogP contribution is -2.49. The molecule has 2 heterocycles. The lowest BCUT2D eigenvalue weighted by atomic mass is 9.71. The first kappa shape index (κ1) is 26.0. The Morgan fingerprint density at radius 2 is 1.61 bits per heavy atom. The van der Waals surface area contributed by atoms with Gasteiger partial charge in [-0.1, -0.05) is 19.3 Å². The minimum Gasteiger partial charge on any atom is -0.373 e. The Kier molecular flexibility index (Phi) is 11.1. The van der Waals surface area contributed by atoms with E-state index in [9.17, 15) is 4.79 Å². The first-order valence-corrected chi connectivity index (χ1v) is 10.9. The molecule has 2 aliphatic heterocycles. The van der Waals surface area contributed by atoms with Gasteiger partial charge < -0.3 is 15.4 Å². The highest BCUT2D eigenvalue weighted by atomic mass is 35.5. The summed E-state index contributed by atoms with van der Waals surface area (Å²) in [4.78, 5) is 17.5. The summed E-state index contributed by atoms with van der Waals surface area (Å²) in [5.74, 6) is 1.07. The molecule has 0 aromatic carbocycles. The number of nitrogens with two attached hydrogens (primary N) is 1. The first-order chi connectivity index (χ1) is 12.5. The molecule has 166 valence electrons. The number of ether oxygens (including phenoxy) is 1. The van der Waals surface area contributed by atoms with Crippen molar-refractivity contribution >= 4 is 30.7 Å². The second-order valence-corrected chi connectivity index (χ2v) is 9.24. The van der Waals surface area contributed by atoms with Crippen molar-refractivity contribution in [3.05, 3.63) is 0 Å². The lowest BCUT2D eigenvalue weighted by molar-refractivity contribution is -0.135. The summed E-state index contributed by atoms with van der Waals surface area (Å²) in [6.45, 7) is 10.1. The van der Waals surface area contributed by atoms with Crippen LogP contribution in [-0.4, -0.2) is 67.2 Å². The van der Waals surface area contributed by atoms with E-state index < -0.39 is 0 Å². The van der Waals surface area contributed by atoms with Crippen LogP contribution in [0.15, 0.2) is 0 Å². The summed E-state index contributed by atoms with van der Waals surface area (Å²) in [6.07, 6.45) is 9.69. The van der Waals surface area contributed by atoms with Crippen LogP contribution < -0.4 is 5.73 Å². The summed E-state index contributed by atoms with van der Waals surface area (Å²) in [5.41, 5.74) is 6.17. The summed E-state index contributed by atoms with van der Waals surface area (Å²) in [7, 11) is 0. The molecular weight excluding hydrogens is 397 g/mol. The van der Waals surface area contributed by atoms with E-state index in [0.717, 1.165) is 64.3 Å². The van der Waals surface area contributed by atoms with Crippen LogP contribution in [0.25, 0.3) is 0 Å². The second kappa shape index (κ2) is 11.9. The summed E-state index contributed by atoms with van der Waals surface area (Å²) < 4.78 is 5.84. The maximum Gasteiger partial charge on any atom is 0.223 e. The molecule has 2 saturated heterocycles. The number of carbonyl (C=O) groups excluding carboxylic acids is 1. The van der Waals surface area contributed by atoms with E-state index in [1.165, 1.54) is 19.3 Å². The molecule has 5 nitrogen and oxygen atoms in total. The summed E-state index contributed by atoms with van der Waals surface area (Å²) in [5, 5.41) is 0. The number of hydrogen-bond donors (Lipinski definition) is 1. The molecule has 1 aliphatic carbocycles. The minimum absolute atomic E-state index is 0. The van der Waals surface area contributed by atoms with E-state index in [1.54, 1.807) is 0 Å². The standard InChI is InChI=1S/C21H39N3O2.2ClH/c1-17-13-23(14-18(2)26-17)15-19-6-10-24(11-7-19)20(25)12-21(16-22)8-4-3-5-9-21;;/h17-19H,3-16,22H2,1-2H3;2*1H. The van der Waals surface area contributed by atoms with E-state index in [4.69, 9.17) is 10.5 Å². The molecule has 1 saturated carbocycles. The second-order valence-electron chi connectivity index (χ2n) is 9.24. The van der Waals surface area contributed by atoms with Crippen molar-refractivity contribution in [2.24, 2.45) is 17.1 Å². The van der Waals surface area contributed by atoms with Gasteiger partial charge in [-0.2, -0.15) is 0 Å². The zero-order chi connectivity index (χ0) is 18.6. The van der Waals surface area contributed by atoms with E-state index in [2.05, 4.69) is 23.6 Å². The fourth-order valence-electron chi connectivity index (χ4n) is 5.35. The number of nitrogens with zero attached hydrogens (tertiary/aromatic N) is 2. The SMILES string of the molecule is CC1CN(CC2CCN(C(=O)CC3(CN)CCCCC3)CC2)CC(C)O1.Cl.Cl. The molecule has 3 fully saturated rings.